The number of carbonyl (C=O) groups excluding carboxylic acids is 1. The second kappa shape index (κ2) is 14.7. The van der Waals surface area contributed by atoms with E-state index in [1.54, 1.807) is 7.11 Å². The molecule has 0 amide bonds. The molecule has 0 N–H and O–H groups in total. The number of aldehydes is 1. The average Bonchev–Trinajstić information content (AvgIpc) is 2.70. The van der Waals surface area contributed by atoms with Crippen molar-refractivity contribution in [3.63, 3.8) is 0 Å². The van der Waals surface area contributed by atoms with Crippen LogP contribution in [0.3, 0.4) is 0 Å². The lowest BCUT2D eigenvalue weighted by Crippen LogP contribution is -2.30. The Bertz CT molecular complexity index is 483. The molecule has 0 aliphatic heterocycles. The first-order valence-electron chi connectivity index (χ1n) is 10.8. The third-order valence-corrected chi connectivity index (χ3v) is 5.41. The lowest BCUT2D eigenvalue weighted by atomic mass is 9.89. The van der Waals surface area contributed by atoms with E-state index >= 15 is 0 Å². The Kier molecular flexibility index (Phi) is 12.9. The van der Waals surface area contributed by atoms with Crippen LogP contribution < -0.4 is 4.74 Å². The molecule has 3 heteroatoms. The zero-order valence-electron chi connectivity index (χ0n) is 17.9. The van der Waals surface area contributed by atoms with Crippen molar-refractivity contribution in [1.29, 1.82) is 0 Å². The van der Waals surface area contributed by atoms with Crippen molar-refractivity contribution in [2.45, 2.75) is 91.3 Å². The largest absolute Gasteiger partial charge is 0.497 e. The summed E-state index contributed by atoms with van der Waals surface area (Å²) < 4.78 is 11.4. The first kappa shape index (κ1) is 23.7. The van der Waals surface area contributed by atoms with Crippen LogP contribution in [-0.2, 0) is 16.1 Å². The van der Waals surface area contributed by atoms with E-state index in [4.69, 9.17) is 9.47 Å². The van der Waals surface area contributed by atoms with Crippen molar-refractivity contribution in [2.24, 2.45) is 11.8 Å². The Labute approximate surface area is 166 Å². The maximum absolute atomic E-state index is 11.4. The maximum atomic E-state index is 11.4. The highest BCUT2D eigenvalue weighted by Crippen LogP contribution is 2.24. The predicted octanol–water partition coefficient (Wildman–Crippen LogP) is 6.58. The number of unbranched alkanes of at least 4 members (excludes halogenated alkanes) is 7. The van der Waals surface area contributed by atoms with Gasteiger partial charge in [0.25, 0.3) is 0 Å². The van der Waals surface area contributed by atoms with E-state index in [9.17, 15) is 4.79 Å². The summed E-state index contributed by atoms with van der Waals surface area (Å²) in [5.41, 5.74) is 1.11. The van der Waals surface area contributed by atoms with Gasteiger partial charge in [-0.3, -0.25) is 0 Å². The highest BCUT2D eigenvalue weighted by atomic mass is 16.5. The molecule has 0 aliphatic rings. The van der Waals surface area contributed by atoms with Crippen LogP contribution in [0.1, 0.15) is 84.1 Å². The van der Waals surface area contributed by atoms with Crippen molar-refractivity contribution < 1.29 is 14.3 Å². The summed E-state index contributed by atoms with van der Waals surface area (Å²) in [6, 6.07) is 7.93. The highest BCUT2D eigenvalue weighted by molar-refractivity contribution is 5.53. The van der Waals surface area contributed by atoms with Gasteiger partial charge in [-0.05, 0) is 30.0 Å². The van der Waals surface area contributed by atoms with Gasteiger partial charge in [0.1, 0.15) is 12.0 Å². The number of hydrogen-bond donors (Lipinski definition) is 0. The number of benzene rings is 1. The van der Waals surface area contributed by atoms with Crippen LogP contribution in [0.15, 0.2) is 24.3 Å². The first-order chi connectivity index (χ1) is 13.1. The molecular formula is C24H40O3. The number of ether oxygens (including phenoxy) is 2. The molecule has 3 atom stereocenters. The van der Waals surface area contributed by atoms with Crippen molar-refractivity contribution in [1.82, 2.24) is 0 Å². The van der Waals surface area contributed by atoms with Crippen molar-refractivity contribution >= 4 is 6.29 Å². The third-order valence-electron chi connectivity index (χ3n) is 5.41. The van der Waals surface area contributed by atoms with Gasteiger partial charge in [0, 0.05) is 5.92 Å². The van der Waals surface area contributed by atoms with Gasteiger partial charge in [-0.2, -0.15) is 0 Å². The van der Waals surface area contributed by atoms with Crippen LogP contribution in [0.4, 0.5) is 0 Å². The van der Waals surface area contributed by atoms with E-state index in [1.807, 2.05) is 31.2 Å². The van der Waals surface area contributed by atoms with Gasteiger partial charge >= 0.3 is 0 Å². The van der Waals surface area contributed by atoms with Gasteiger partial charge < -0.3 is 14.3 Å². The zero-order valence-corrected chi connectivity index (χ0v) is 17.9. The highest BCUT2D eigenvalue weighted by Gasteiger charge is 2.24. The topological polar surface area (TPSA) is 35.5 Å². The Hall–Kier alpha value is -1.35. The third kappa shape index (κ3) is 9.95. The summed E-state index contributed by atoms with van der Waals surface area (Å²) in [5, 5.41) is 0. The minimum atomic E-state index is -0.0766. The normalized spacial score (nSPS) is 14.5. The minimum absolute atomic E-state index is 0.0193. The van der Waals surface area contributed by atoms with Crippen molar-refractivity contribution in [3.8, 4) is 5.75 Å². The van der Waals surface area contributed by atoms with Crippen molar-refractivity contribution in [2.75, 3.05) is 7.11 Å². The molecule has 0 radical (unpaired) electrons. The monoisotopic (exact) mass is 376 g/mol. The van der Waals surface area contributed by atoms with Gasteiger partial charge in [0.2, 0.25) is 0 Å². The number of carbonyl (C=O) groups is 1. The van der Waals surface area contributed by atoms with E-state index in [2.05, 4.69) is 13.8 Å². The fourth-order valence-electron chi connectivity index (χ4n) is 3.59. The molecule has 1 rings (SSSR count). The first-order valence-corrected chi connectivity index (χ1v) is 10.8. The molecule has 0 bridgehead atoms. The lowest BCUT2D eigenvalue weighted by Gasteiger charge is -2.27. The fraction of sp³-hybridized carbons (Fsp3) is 0.708. The van der Waals surface area contributed by atoms with Gasteiger partial charge in [0.15, 0.2) is 0 Å². The van der Waals surface area contributed by atoms with Crippen LogP contribution in [0.2, 0.25) is 0 Å². The lowest BCUT2D eigenvalue weighted by molar-refractivity contribution is -0.118. The van der Waals surface area contributed by atoms with Crippen LogP contribution in [0.5, 0.6) is 5.75 Å². The summed E-state index contributed by atoms with van der Waals surface area (Å²) in [7, 11) is 1.67. The van der Waals surface area contributed by atoms with Crippen LogP contribution >= 0.6 is 0 Å². The van der Waals surface area contributed by atoms with Gasteiger partial charge in [-0.25, -0.2) is 0 Å². The number of methoxy groups -OCH3 is 1. The second-order valence-corrected chi connectivity index (χ2v) is 7.86. The molecule has 0 spiro atoms. The van der Waals surface area contributed by atoms with Crippen LogP contribution in [-0.4, -0.2) is 19.5 Å². The van der Waals surface area contributed by atoms with E-state index in [0.29, 0.717) is 12.5 Å². The van der Waals surface area contributed by atoms with E-state index < -0.39 is 0 Å². The zero-order chi connectivity index (χ0) is 19.9. The fourth-order valence-corrected chi connectivity index (χ4v) is 3.59. The number of hydrogen-bond acceptors (Lipinski definition) is 3. The standard InChI is InChI=1S/C24H40O3/c1-5-6-7-8-9-10-11-12-13-20(2)24(21(3)18-25)27-19-22-14-16-23(26-4)17-15-22/h14-18,20-21,24H,5-13,19H2,1-4H3/t20-,21-,24+/m0/s1. The minimum Gasteiger partial charge on any atom is -0.497 e. The molecule has 154 valence electrons. The van der Waals surface area contributed by atoms with E-state index in [1.165, 1.54) is 51.4 Å². The molecule has 0 saturated carbocycles. The summed E-state index contributed by atoms with van der Waals surface area (Å²) in [4.78, 5) is 11.4. The molecule has 0 unspecified atom stereocenters. The smallest absolute Gasteiger partial charge is 0.125 e. The Morgan fingerprint density at radius 3 is 2.07 bits per heavy atom. The summed E-state index contributed by atoms with van der Waals surface area (Å²) in [5.74, 6) is 1.16. The molecule has 1 aromatic carbocycles. The van der Waals surface area contributed by atoms with Crippen LogP contribution in [0.25, 0.3) is 0 Å². The maximum Gasteiger partial charge on any atom is 0.125 e. The summed E-state index contributed by atoms with van der Waals surface area (Å²) in [6.45, 7) is 6.99. The molecule has 0 fully saturated rings. The summed E-state index contributed by atoms with van der Waals surface area (Å²) >= 11 is 0. The summed E-state index contributed by atoms with van der Waals surface area (Å²) in [6.07, 6.45) is 12.8. The Morgan fingerprint density at radius 2 is 1.52 bits per heavy atom. The van der Waals surface area contributed by atoms with Crippen molar-refractivity contribution in [3.05, 3.63) is 29.8 Å². The molecule has 27 heavy (non-hydrogen) atoms. The molecule has 0 saturated heterocycles. The Balaban J connectivity index is 2.35. The van der Waals surface area contributed by atoms with Gasteiger partial charge in [-0.1, -0.05) is 84.3 Å². The van der Waals surface area contributed by atoms with E-state index in [-0.39, 0.29) is 12.0 Å². The van der Waals surface area contributed by atoms with Crippen LogP contribution in [0, 0.1) is 11.8 Å². The molecule has 0 aromatic heterocycles. The molecule has 1 aromatic rings. The SMILES string of the molecule is CCCCCCCCCC[C@H](C)[C@@H](OCc1ccc(OC)cc1)[C@@H](C)C=O. The second-order valence-electron chi connectivity index (χ2n) is 7.86. The van der Waals surface area contributed by atoms with E-state index in [0.717, 1.165) is 24.0 Å². The molecular weight excluding hydrogens is 336 g/mol. The number of rotatable bonds is 16. The Morgan fingerprint density at radius 1 is 0.926 bits per heavy atom. The van der Waals surface area contributed by atoms with Gasteiger partial charge in [-0.15, -0.1) is 0 Å². The quantitative estimate of drug-likeness (QED) is 0.241. The molecule has 0 aliphatic carbocycles. The molecule has 3 nitrogen and oxygen atoms in total. The van der Waals surface area contributed by atoms with Gasteiger partial charge in [0.05, 0.1) is 19.8 Å². The predicted molar refractivity (Wildman–Crippen MR) is 113 cm³/mol. The molecule has 0 heterocycles. The average molecular weight is 377 g/mol.